The van der Waals surface area contributed by atoms with Crippen molar-refractivity contribution in [3.63, 3.8) is 0 Å². The number of piperidine rings is 1. The molecule has 1 saturated heterocycles. The van der Waals surface area contributed by atoms with Crippen LogP contribution < -0.4 is 10.6 Å². The molecule has 0 aliphatic carbocycles. The van der Waals surface area contributed by atoms with Gasteiger partial charge in [0.2, 0.25) is 5.91 Å². The van der Waals surface area contributed by atoms with E-state index in [-0.39, 0.29) is 24.5 Å². The number of rotatable bonds is 5. The number of amides is 2. The molecule has 6 nitrogen and oxygen atoms in total. The molecule has 0 radical (unpaired) electrons. The van der Waals surface area contributed by atoms with E-state index < -0.39 is 0 Å². The zero-order chi connectivity index (χ0) is 19.2. The van der Waals surface area contributed by atoms with Gasteiger partial charge in [0.1, 0.15) is 0 Å². The maximum Gasteiger partial charge on any atom is 0.257 e. The van der Waals surface area contributed by atoms with Gasteiger partial charge in [-0.25, -0.2) is 0 Å². The molecule has 3 rings (SSSR count). The van der Waals surface area contributed by atoms with Crippen molar-refractivity contribution in [3.05, 3.63) is 59.1 Å². The minimum Gasteiger partial charge on any atom is -0.392 e. The first-order valence-corrected chi connectivity index (χ1v) is 9.25. The highest BCUT2D eigenvalue weighted by atomic mass is 35.5. The van der Waals surface area contributed by atoms with Crippen LogP contribution in [0, 0.1) is 0 Å². The number of anilines is 2. The van der Waals surface area contributed by atoms with Gasteiger partial charge in [-0.3, -0.25) is 14.5 Å². The summed E-state index contributed by atoms with van der Waals surface area (Å²) < 4.78 is 0. The zero-order valence-corrected chi connectivity index (χ0v) is 15.6. The summed E-state index contributed by atoms with van der Waals surface area (Å²) in [5.74, 6) is -0.530. The summed E-state index contributed by atoms with van der Waals surface area (Å²) in [6.45, 7) is 1.46. The first kappa shape index (κ1) is 19.4. The number of carbonyl (C=O) groups is 2. The van der Waals surface area contributed by atoms with Crippen LogP contribution in [0.4, 0.5) is 11.4 Å². The smallest absolute Gasteiger partial charge is 0.257 e. The van der Waals surface area contributed by atoms with E-state index in [4.69, 9.17) is 11.6 Å². The number of likely N-dealkylation sites (tertiary alicyclic amines) is 1. The van der Waals surface area contributed by atoms with E-state index in [0.717, 1.165) is 19.4 Å². The van der Waals surface area contributed by atoms with Gasteiger partial charge in [-0.05, 0) is 55.8 Å². The molecule has 2 aromatic rings. The Bertz CT molecular complexity index is 810. The van der Waals surface area contributed by atoms with Crippen LogP contribution in [0.15, 0.2) is 48.5 Å². The van der Waals surface area contributed by atoms with Gasteiger partial charge < -0.3 is 15.7 Å². The Balaban J connectivity index is 1.65. The maximum absolute atomic E-state index is 12.6. The van der Waals surface area contributed by atoms with Crippen molar-refractivity contribution in [1.29, 1.82) is 0 Å². The Labute approximate surface area is 163 Å². The van der Waals surface area contributed by atoms with Crippen LogP contribution in [0.2, 0.25) is 5.02 Å². The second kappa shape index (κ2) is 8.99. The summed E-state index contributed by atoms with van der Waals surface area (Å²) in [5.41, 5.74) is 1.44. The second-order valence-corrected chi connectivity index (χ2v) is 7.02. The van der Waals surface area contributed by atoms with Crippen LogP contribution in [0.1, 0.15) is 23.2 Å². The number of aliphatic hydroxyl groups excluding tert-OH is 1. The Morgan fingerprint density at radius 1 is 1.11 bits per heavy atom. The van der Waals surface area contributed by atoms with Gasteiger partial charge in [0.25, 0.3) is 5.91 Å². The molecule has 2 amide bonds. The third-order valence-corrected chi connectivity index (χ3v) is 4.65. The molecule has 1 heterocycles. The predicted octanol–water partition coefficient (Wildman–Crippen LogP) is 2.99. The topological polar surface area (TPSA) is 81.7 Å². The lowest BCUT2D eigenvalue weighted by Crippen LogP contribution is -2.42. The molecule has 0 spiro atoms. The van der Waals surface area contributed by atoms with Gasteiger partial charge in [-0.15, -0.1) is 0 Å². The third kappa shape index (κ3) is 5.53. The molecule has 1 atom stereocenters. The highest BCUT2D eigenvalue weighted by molar-refractivity contribution is 6.30. The van der Waals surface area contributed by atoms with Crippen LogP contribution in [-0.4, -0.2) is 47.6 Å². The number of β-amino-alcohol motifs (C(OH)–C–C–N with tert-alkyl or cyclic N) is 1. The van der Waals surface area contributed by atoms with Gasteiger partial charge in [0.15, 0.2) is 0 Å². The van der Waals surface area contributed by atoms with E-state index in [2.05, 4.69) is 10.6 Å². The van der Waals surface area contributed by atoms with Crippen molar-refractivity contribution in [2.24, 2.45) is 0 Å². The monoisotopic (exact) mass is 387 g/mol. The van der Waals surface area contributed by atoms with Crippen molar-refractivity contribution in [2.45, 2.75) is 18.9 Å². The largest absolute Gasteiger partial charge is 0.392 e. The fourth-order valence-corrected chi connectivity index (χ4v) is 3.22. The Hall–Kier alpha value is -2.41. The molecule has 1 aliphatic rings. The molecule has 7 heteroatoms. The standard InChI is InChI=1S/C20H22ClN3O3/c21-14-7-9-15(10-8-14)22-20(27)17-5-1-2-6-18(17)23-19(26)13-24-11-3-4-16(25)12-24/h1-2,5-10,16,25H,3-4,11-13H2,(H,22,27)(H,23,26)/t16-/m1/s1. The zero-order valence-electron chi connectivity index (χ0n) is 14.8. The maximum atomic E-state index is 12.6. The van der Waals surface area contributed by atoms with Gasteiger partial charge in [-0.1, -0.05) is 23.7 Å². The molecular formula is C20H22ClN3O3. The van der Waals surface area contributed by atoms with Crippen LogP contribution >= 0.6 is 11.6 Å². The van der Waals surface area contributed by atoms with Crippen molar-refractivity contribution in [3.8, 4) is 0 Å². The fraction of sp³-hybridized carbons (Fsp3) is 0.300. The number of halogens is 1. The summed E-state index contributed by atoms with van der Waals surface area (Å²) in [4.78, 5) is 26.9. The summed E-state index contributed by atoms with van der Waals surface area (Å²) in [7, 11) is 0. The summed E-state index contributed by atoms with van der Waals surface area (Å²) in [6.07, 6.45) is 1.25. The van der Waals surface area contributed by atoms with Gasteiger partial charge in [0.05, 0.1) is 23.9 Å². The Morgan fingerprint density at radius 3 is 2.59 bits per heavy atom. The number of aliphatic hydroxyl groups is 1. The number of benzene rings is 2. The highest BCUT2D eigenvalue weighted by Crippen LogP contribution is 2.19. The fourth-order valence-electron chi connectivity index (χ4n) is 3.09. The molecule has 3 N–H and O–H groups in total. The molecule has 2 aromatic carbocycles. The van der Waals surface area contributed by atoms with Gasteiger partial charge in [-0.2, -0.15) is 0 Å². The first-order valence-electron chi connectivity index (χ1n) is 8.87. The molecule has 0 bridgehead atoms. The van der Waals surface area contributed by atoms with E-state index in [1.54, 1.807) is 48.5 Å². The van der Waals surface area contributed by atoms with Crippen LogP contribution in [0.5, 0.6) is 0 Å². The lowest BCUT2D eigenvalue weighted by atomic mass is 10.1. The third-order valence-electron chi connectivity index (χ3n) is 4.40. The van der Waals surface area contributed by atoms with E-state index in [9.17, 15) is 14.7 Å². The molecule has 1 aliphatic heterocycles. The summed E-state index contributed by atoms with van der Waals surface area (Å²) >= 11 is 5.86. The average Bonchev–Trinajstić information content (AvgIpc) is 2.64. The van der Waals surface area contributed by atoms with Gasteiger partial charge >= 0.3 is 0 Å². The predicted molar refractivity (Wildman–Crippen MR) is 106 cm³/mol. The van der Waals surface area contributed by atoms with E-state index >= 15 is 0 Å². The lowest BCUT2D eigenvalue weighted by molar-refractivity contribution is -0.118. The van der Waals surface area contributed by atoms with Crippen molar-refractivity contribution in [2.75, 3.05) is 30.3 Å². The molecule has 0 aromatic heterocycles. The number of hydrogen-bond donors (Lipinski definition) is 3. The lowest BCUT2D eigenvalue weighted by Gasteiger charge is -2.29. The molecule has 0 unspecified atom stereocenters. The van der Waals surface area contributed by atoms with Gasteiger partial charge in [0, 0.05) is 17.3 Å². The molecule has 142 valence electrons. The molecule has 1 fully saturated rings. The number of para-hydroxylation sites is 1. The van der Waals surface area contributed by atoms with Crippen LogP contribution in [0.3, 0.4) is 0 Å². The molecule has 27 heavy (non-hydrogen) atoms. The minimum atomic E-state index is -0.385. The highest BCUT2D eigenvalue weighted by Gasteiger charge is 2.20. The number of carbonyl (C=O) groups excluding carboxylic acids is 2. The van der Waals surface area contributed by atoms with E-state index in [1.807, 2.05) is 4.90 Å². The number of hydrogen-bond acceptors (Lipinski definition) is 4. The summed E-state index contributed by atoms with van der Waals surface area (Å²) in [6, 6.07) is 13.7. The Kier molecular flexibility index (Phi) is 6.45. The quantitative estimate of drug-likeness (QED) is 0.736. The van der Waals surface area contributed by atoms with Crippen LogP contribution in [0.25, 0.3) is 0 Å². The second-order valence-electron chi connectivity index (χ2n) is 6.59. The normalized spacial score (nSPS) is 17.3. The minimum absolute atomic E-state index is 0.185. The molecular weight excluding hydrogens is 366 g/mol. The average molecular weight is 388 g/mol. The number of nitrogens with zero attached hydrogens (tertiary/aromatic N) is 1. The number of nitrogens with one attached hydrogen (secondary N) is 2. The Morgan fingerprint density at radius 2 is 1.85 bits per heavy atom. The summed E-state index contributed by atoms with van der Waals surface area (Å²) in [5, 5.41) is 15.9. The van der Waals surface area contributed by atoms with E-state index in [0.29, 0.717) is 28.5 Å². The van der Waals surface area contributed by atoms with Crippen molar-refractivity contribution >= 4 is 34.8 Å². The molecule has 0 saturated carbocycles. The van der Waals surface area contributed by atoms with Crippen molar-refractivity contribution in [1.82, 2.24) is 4.90 Å². The SMILES string of the molecule is O=C(CN1CCC[C@@H](O)C1)Nc1ccccc1C(=O)Nc1ccc(Cl)cc1. The van der Waals surface area contributed by atoms with E-state index in [1.165, 1.54) is 0 Å². The van der Waals surface area contributed by atoms with Crippen LogP contribution in [-0.2, 0) is 4.79 Å². The first-order chi connectivity index (χ1) is 13.0. The van der Waals surface area contributed by atoms with Crippen molar-refractivity contribution < 1.29 is 14.7 Å².